The van der Waals surface area contributed by atoms with Gasteiger partial charge in [-0.1, -0.05) is 17.7 Å². The predicted molar refractivity (Wildman–Crippen MR) is 41.8 cm³/mol. The molecule has 0 unspecified atom stereocenters. The summed E-state index contributed by atoms with van der Waals surface area (Å²) in [4.78, 5) is 7.88. The zero-order chi connectivity index (χ0) is 7.40. The highest BCUT2D eigenvalue weighted by Crippen LogP contribution is 2.03. The van der Waals surface area contributed by atoms with Gasteiger partial charge >= 0.3 is 0 Å². The van der Waals surface area contributed by atoms with Crippen molar-refractivity contribution in [3.8, 4) is 0 Å². The molecule has 52 valence electrons. The third kappa shape index (κ3) is 1.81. The van der Waals surface area contributed by atoms with E-state index < -0.39 is 0 Å². The van der Waals surface area contributed by atoms with Crippen LogP contribution < -0.4 is 0 Å². The Morgan fingerprint density at radius 2 is 2.00 bits per heavy atom. The molecule has 1 aromatic heterocycles. The lowest BCUT2D eigenvalue weighted by molar-refractivity contribution is 1.13. The molecule has 0 aliphatic heterocycles. The van der Waals surface area contributed by atoms with Crippen molar-refractivity contribution in [3.63, 3.8) is 0 Å². The van der Waals surface area contributed by atoms with Gasteiger partial charge in [-0.2, -0.15) is 0 Å². The Morgan fingerprint density at radius 3 is 2.50 bits per heavy atom. The van der Waals surface area contributed by atoms with Crippen molar-refractivity contribution in [2.75, 3.05) is 0 Å². The van der Waals surface area contributed by atoms with Gasteiger partial charge in [-0.05, 0) is 13.0 Å². The second-order valence-electron chi connectivity index (χ2n) is 1.76. The normalized spacial score (nSPS) is 10.6. The molecule has 0 fully saturated rings. The van der Waals surface area contributed by atoms with Crippen molar-refractivity contribution in [3.05, 3.63) is 29.3 Å². The van der Waals surface area contributed by atoms with E-state index in [1.165, 1.54) is 0 Å². The topological polar surface area (TPSA) is 25.8 Å². The quantitative estimate of drug-likeness (QED) is 0.620. The van der Waals surface area contributed by atoms with Gasteiger partial charge in [0.15, 0.2) is 5.82 Å². The van der Waals surface area contributed by atoms with Crippen LogP contribution in [0.1, 0.15) is 12.7 Å². The summed E-state index contributed by atoms with van der Waals surface area (Å²) < 4.78 is 0. The van der Waals surface area contributed by atoms with E-state index in [1.807, 2.05) is 19.1 Å². The van der Waals surface area contributed by atoms with Crippen LogP contribution in [0.3, 0.4) is 0 Å². The fourth-order valence-electron chi connectivity index (χ4n) is 0.557. The lowest BCUT2D eigenvalue weighted by Gasteiger charge is -1.89. The van der Waals surface area contributed by atoms with Crippen molar-refractivity contribution in [1.29, 1.82) is 0 Å². The minimum atomic E-state index is 0.563. The molecule has 0 atom stereocenters. The first-order valence-corrected chi connectivity index (χ1v) is 3.31. The van der Waals surface area contributed by atoms with Crippen LogP contribution in [0.15, 0.2) is 18.5 Å². The summed E-state index contributed by atoms with van der Waals surface area (Å²) in [5.74, 6) is 0.687. The molecule has 0 radical (unpaired) electrons. The van der Waals surface area contributed by atoms with Gasteiger partial charge in [-0.3, -0.25) is 0 Å². The number of allylic oxidation sites excluding steroid dienone is 1. The molecular formula is C7H7ClN2. The van der Waals surface area contributed by atoms with E-state index >= 15 is 0 Å². The molecule has 10 heavy (non-hydrogen) atoms. The monoisotopic (exact) mass is 154 g/mol. The van der Waals surface area contributed by atoms with Crippen LogP contribution >= 0.6 is 11.6 Å². The van der Waals surface area contributed by atoms with E-state index in [2.05, 4.69) is 9.97 Å². The number of hydrogen-bond acceptors (Lipinski definition) is 2. The molecule has 0 saturated carbocycles. The van der Waals surface area contributed by atoms with Crippen LogP contribution in [0.5, 0.6) is 0 Å². The number of hydrogen-bond donors (Lipinski definition) is 0. The molecule has 0 N–H and O–H groups in total. The van der Waals surface area contributed by atoms with E-state index in [-0.39, 0.29) is 0 Å². The largest absolute Gasteiger partial charge is 0.236 e. The van der Waals surface area contributed by atoms with Gasteiger partial charge in [0.1, 0.15) is 0 Å². The highest BCUT2D eigenvalue weighted by molar-refractivity contribution is 6.30. The van der Waals surface area contributed by atoms with Gasteiger partial charge in [0.2, 0.25) is 0 Å². The molecule has 3 heteroatoms. The molecule has 0 aliphatic rings. The van der Waals surface area contributed by atoms with Gasteiger partial charge in [0.05, 0.1) is 5.02 Å². The molecule has 0 bridgehead atoms. The highest BCUT2D eigenvalue weighted by Gasteiger charge is 1.87. The Morgan fingerprint density at radius 1 is 1.40 bits per heavy atom. The molecule has 0 aromatic carbocycles. The lowest BCUT2D eigenvalue weighted by atomic mass is 10.5. The summed E-state index contributed by atoms with van der Waals surface area (Å²) in [6.45, 7) is 1.91. The van der Waals surface area contributed by atoms with Crippen LogP contribution in [0.2, 0.25) is 5.02 Å². The molecule has 0 aliphatic carbocycles. The second-order valence-corrected chi connectivity index (χ2v) is 2.20. The number of rotatable bonds is 1. The van der Waals surface area contributed by atoms with E-state index in [0.717, 1.165) is 0 Å². The summed E-state index contributed by atoms with van der Waals surface area (Å²) in [5, 5.41) is 0.563. The molecular weight excluding hydrogens is 148 g/mol. The molecule has 1 aromatic rings. The van der Waals surface area contributed by atoms with Crippen LogP contribution in [0.4, 0.5) is 0 Å². The van der Waals surface area contributed by atoms with Crippen molar-refractivity contribution in [2.24, 2.45) is 0 Å². The number of halogens is 1. The average Bonchev–Trinajstić information content (AvgIpc) is 1.95. The Balaban J connectivity index is 2.89. The number of nitrogens with zero attached hydrogens (tertiary/aromatic N) is 2. The van der Waals surface area contributed by atoms with Crippen molar-refractivity contribution >= 4 is 17.7 Å². The van der Waals surface area contributed by atoms with Gasteiger partial charge in [-0.25, -0.2) is 9.97 Å². The average molecular weight is 155 g/mol. The third-order valence-corrected chi connectivity index (χ3v) is 1.15. The van der Waals surface area contributed by atoms with Crippen molar-refractivity contribution in [2.45, 2.75) is 6.92 Å². The molecule has 0 amide bonds. The van der Waals surface area contributed by atoms with Gasteiger partial charge in [0, 0.05) is 12.4 Å². The van der Waals surface area contributed by atoms with Crippen LogP contribution in [-0.4, -0.2) is 9.97 Å². The summed E-state index contributed by atoms with van der Waals surface area (Å²) in [6, 6.07) is 0. The maximum absolute atomic E-state index is 5.56. The van der Waals surface area contributed by atoms with Crippen molar-refractivity contribution < 1.29 is 0 Å². The summed E-state index contributed by atoms with van der Waals surface area (Å²) >= 11 is 5.56. The first-order chi connectivity index (χ1) is 4.83. The van der Waals surface area contributed by atoms with E-state index in [1.54, 1.807) is 12.4 Å². The Bertz CT molecular complexity index is 228. The first kappa shape index (κ1) is 7.22. The molecule has 2 nitrogen and oxygen atoms in total. The molecule has 0 saturated heterocycles. The van der Waals surface area contributed by atoms with Crippen molar-refractivity contribution in [1.82, 2.24) is 9.97 Å². The van der Waals surface area contributed by atoms with Crippen LogP contribution in [0.25, 0.3) is 6.08 Å². The summed E-state index contributed by atoms with van der Waals surface area (Å²) in [7, 11) is 0. The minimum Gasteiger partial charge on any atom is -0.236 e. The lowest BCUT2D eigenvalue weighted by Crippen LogP contribution is -1.83. The maximum atomic E-state index is 5.56. The fourth-order valence-corrected chi connectivity index (χ4v) is 0.655. The predicted octanol–water partition coefficient (Wildman–Crippen LogP) is 2.16. The molecule has 1 rings (SSSR count). The number of aromatic nitrogens is 2. The molecule has 1 heterocycles. The van der Waals surface area contributed by atoms with Gasteiger partial charge in [0.25, 0.3) is 0 Å². The van der Waals surface area contributed by atoms with Crippen LogP contribution in [0, 0.1) is 0 Å². The highest BCUT2D eigenvalue weighted by atomic mass is 35.5. The zero-order valence-electron chi connectivity index (χ0n) is 5.58. The Kier molecular flexibility index (Phi) is 2.40. The van der Waals surface area contributed by atoms with E-state index in [0.29, 0.717) is 10.8 Å². The smallest absolute Gasteiger partial charge is 0.151 e. The van der Waals surface area contributed by atoms with Gasteiger partial charge in [-0.15, -0.1) is 0 Å². The maximum Gasteiger partial charge on any atom is 0.151 e. The second kappa shape index (κ2) is 3.32. The first-order valence-electron chi connectivity index (χ1n) is 2.93. The van der Waals surface area contributed by atoms with Gasteiger partial charge < -0.3 is 0 Å². The standard InChI is InChI=1S/C7H7ClN2/c1-2-3-7-9-4-6(8)5-10-7/h2-5H,1H3/b3-2+. The fraction of sp³-hybridized carbons (Fsp3) is 0.143. The zero-order valence-corrected chi connectivity index (χ0v) is 6.34. The van der Waals surface area contributed by atoms with Crippen LogP contribution in [-0.2, 0) is 0 Å². The van der Waals surface area contributed by atoms with E-state index in [4.69, 9.17) is 11.6 Å². The third-order valence-electron chi connectivity index (χ3n) is 0.956. The van der Waals surface area contributed by atoms with E-state index in [9.17, 15) is 0 Å². The minimum absolute atomic E-state index is 0.563. The summed E-state index contributed by atoms with van der Waals surface area (Å²) in [5.41, 5.74) is 0. The Labute approximate surface area is 64.6 Å². The summed E-state index contributed by atoms with van der Waals surface area (Å²) in [6.07, 6.45) is 6.84. The SMILES string of the molecule is C/C=C/c1ncc(Cl)cn1. The molecule has 0 spiro atoms. The Hall–Kier alpha value is -0.890.